The molecule has 0 amide bonds. The van der Waals surface area contributed by atoms with Gasteiger partial charge in [-0.15, -0.1) is 11.3 Å². The molecule has 1 aromatic heterocycles. The van der Waals surface area contributed by atoms with Gasteiger partial charge >= 0.3 is 0 Å². The van der Waals surface area contributed by atoms with Crippen molar-refractivity contribution in [3.63, 3.8) is 0 Å². The van der Waals surface area contributed by atoms with Gasteiger partial charge in [-0.2, -0.15) is 0 Å². The lowest BCUT2D eigenvalue weighted by Gasteiger charge is -1.99. The zero-order valence-electron chi connectivity index (χ0n) is 8.45. The van der Waals surface area contributed by atoms with Gasteiger partial charge in [-0.05, 0) is 52.9 Å². The molecule has 1 aromatic carbocycles. The molecular formula is C13H13BrS. The lowest BCUT2D eigenvalue weighted by Crippen LogP contribution is -1.87. The quantitative estimate of drug-likeness (QED) is 0.763. The van der Waals surface area contributed by atoms with Crippen LogP contribution >= 0.6 is 27.3 Å². The molecule has 0 unspecified atom stereocenters. The lowest BCUT2D eigenvalue weighted by molar-refractivity contribution is 0.831. The van der Waals surface area contributed by atoms with Crippen molar-refractivity contribution in [3.8, 4) is 0 Å². The highest BCUT2D eigenvalue weighted by Gasteiger charge is 1.98. The van der Waals surface area contributed by atoms with E-state index < -0.39 is 0 Å². The highest BCUT2D eigenvalue weighted by atomic mass is 79.9. The zero-order chi connectivity index (χ0) is 10.5. The minimum absolute atomic E-state index is 1.18. The van der Waals surface area contributed by atoms with E-state index in [9.17, 15) is 0 Å². The van der Waals surface area contributed by atoms with E-state index in [4.69, 9.17) is 0 Å². The molecule has 2 aromatic rings. The van der Waals surface area contributed by atoms with Crippen molar-refractivity contribution in [1.82, 2.24) is 0 Å². The van der Waals surface area contributed by atoms with Gasteiger partial charge in [0.25, 0.3) is 0 Å². The summed E-state index contributed by atoms with van der Waals surface area (Å²) in [4.78, 5) is 1.47. The molecule has 0 spiro atoms. The van der Waals surface area contributed by atoms with Crippen LogP contribution in [0.2, 0.25) is 0 Å². The van der Waals surface area contributed by atoms with Crippen molar-refractivity contribution in [3.05, 3.63) is 56.7 Å². The highest BCUT2D eigenvalue weighted by molar-refractivity contribution is 9.11. The Morgan fingerprint density at radius 2 is 1.73 bits per heavy atom. The summed E-state index contributed by atoms with van der Waals surface area (Å²) in [6, 6.07) is 15.0. The fraction of sp³-hybridized carbons (Fsp3) is 0.231. The number of aryl methyl sites for hydroxylation is 2. The lowest BCUT2D eigenvalue weighted by atomic mass is 10.1. The van der Waals surface area contributed by atoms with E-state index in [0.717, 1.165) is 0 Å². The standard InChI is InChI=1S/C13H13BrS/c14-13-10-9-12(15-13)8-4-7-11-5-2-1-3-6-11/h1-3,5-6,9-10H,4,7-8H2. The molecular weight excluding hydrogens is 268 g/mol. The molecule has 0 N–H and O–H groups in total. The molecule has 0 aliphatic heterocycles. The van der Waals surface area contributed by atoms with Crippen molar-refractivity contribution in [2.45, 2.75) is 19.3 Å². The van der Waals surface area contributed by atoms with Gasteiger partial charge in [0.1, 0.15) is 0 Å². The summed E-state index contributed by atoms with van der Waals surface area (Å²) in [5.41, 5.74) is 1.44. The minimum Gasteiger partial charge on any atom is -0.133 e. The number of benzene rings is 1. The third kappa shape index (κ3) is 3.47. The Balaban J connectivity index is 1.80. The summed E-state index contributed by atoms with van der Waals surface area (Å²) in [6.07, 6.45) is 3.60. The van der Waals surface area contributed by atoms with Gasteiger partial charge in [0.15, 0.2) is 0 Å². The van der Waals surface area contributed by atoms with Crippen molar-refractivity contribution in [2.24, 2.45) is 0 Å². The molecule has 0 saturated heterocycles. The Morgan fingerprint density at radius 3 is 2.40 bits per heavy atom. The van der Waals surface area contributed by atoms with Crippen molar-refractivity contribution < 1.29 is 0 Å². The van der Waals surface area contributed by atoms with Gasteiger partial charge in [0, 0.05) is 4.88 Å². The van der Waals surface area contributed by atoms with E-state index >= 15 is 0 Å². The van der Waals surface area contributed by atoms with Gasteiger partial charge < -0.3 is 0 Å². The summed E-state index contributed by atoms with van der Waals surface area (Å²) in [5.74, 6) is 0. The molecule has 0 fully saturated rings. The minimum atomic E-state index is 1.18. The Kier molecular flexibility index (Phi) is 3.98. The SMILES string of the molecule is Brc1ccc(CCCc2ccccc2)s1. The van der Waals surface area contributed by atoms with E-state index in [0.29, 0.717) is 0 Å². The molecule has 78 valence electrons. The normalized spacial score (nSPS) is 10.5. The third-order valence-corrected chi connectivity index (χ3v) is 4.04. The van der Waals surface area contributed by atoms with Gasteiger partial charge in [0.05, 0.1) is 3.79 Å². The van der Waals surface area contributed by atoms with Crippen LogP contribution in [0, 0.1) is 0 Å². The Morgan fingerprint density at radius 1 is 0.933 bits per heavy atom. The summed E-state index contributed by atoms with van der Waals surface area (Å²) < 4.78 is 1.23. The van der Waals surface area contributed by atoms with Crippen LogP contribution in [-0.2, 0) is 12.8 Å². The molecule has 1 heterocycles. The Hall–Kier alpha value is -0.600. The molecule has 15 heavy (non-hydrogen) atoms. The number of thiophene rings is 1. The molecule has 2 heteroatoms. The van der Waals surface area contributed by atoms with Gasteiger partial charge in [0.2, 0.25) is 0 Å². The van der Waals surface area contributed by atoms with Crippen LogP contribution in [0.5, 0.6) is 0 Å². The predicted octanol–water partition coefficient (Wildman–Crippen LogP) is 4.69. The average molecular weight is 281 g/mol. The number of rotatable bonds is 4. The van der Waals surface area contributed by atoms with Crippen molar-refractivity contribution in [2.75, 3.05) is 0 Å². The molecule has 0 aliphatic carbocycles. The van der Waals surface area contributed by atoms with Gasteiger partial charge in [-0.1, -0.05) is 30.3 Å². The second-order valence-corrected chi connectivity index (χ2v) is 6.09. The first-order valence-electron chi connectivity index (χ1n) is 5.13. The Bertz CT molecular complexity index is 405. The largest absolute Gasteiger partial charge is 0.133 e. The molecule has 0 saturated carbocycles. The Labute approximate surface area is 103 Å². The molecule has 0 nitrogen and oxygen atoms in total. The predicted molar refractivity (Wildman–Crippen MR) is 70.5 cm³/mol. The van der Waals surface area contributed by atoms with E-state index in [1.807, 2.05) is 11.3 Å². The summed E-state index contributed by atoms with van der Waals surface area (Å²) in [5, 5.41) is 0. The third-order valence-electron chi connectivity index (χ3n) is 2.36. The second kappa shape index (κ2) is 5.47. The van der Waals surface area contributed by atoms with Crippen LogP contribution in [0.3, 0.4) is 0 Å². The van der Waals surface area contributed by atoms with Crippen molar-refractivity contribution >= 4 is 27.3 Å². The zero-order valence-corrected chi connectivity index (χ0v) is 10.9. The monoisotopic (exact) mass is 280 g/mol. The van der Waals surface area contributed by atoms with Crippen LogP contribution in [0.1, 0.15) is 16.9 Å². The van der Waals surface area contributed by atoms with Crippen molar-refractivity contribution in [1.29, 1.82) is 0 Å². The number of halogens is 1. The molecule has 0 atom stereocenters. The molecule has 0 aliphatic rings. The molecule has 0 radical (unpaired) electrons. The maximum absolute atomic E-state index is 3.49. The fourth-order valence-electron chi connectivity index (χ4n) is 1.60. The van der Waals surface area contributed by atoms with Gasteiger partial charge in [-0.3, -0.25) is 0 Å². The number of hydrogen-bond acceptors (Lipinski definition) is 1. The van der Waals surface area contributed by atoms with E-state index in [1.165, 1.54) is 33.5 Å². The fourth-order valence-corrected chi connectivity index (χ4v) is 3.12. The topological polar surface area (TPSA) is 0 Å². The second-order valence-electron chi connectivity index (χ2n) is 3.54. The highest BCUT2D eigenvalue weighted by Crippen LogP contribution is 2.23. The van der Waals surface area contributed by atoms with Crippen LogP contribution in [-0.4, -0.2) is 0 Å². The first-order valence-corrected chi connectivity index (χ1v) is 6.74. The summed E-state index contributed by atoms with van der Waals surface area (Å²) in [7, 11) is 0. The van der Waals surface area contributed by atoms with Crippen LogP contribution in [0.25, 0.3) is 0 Å². The average Bonchev–Trinajstić information content (AvgIpc) is 2.66. The summed E-state index contributed by atoms with van der Waals surface area (Å²) in [6.45, 7) is 0. The molecule has 0 bridgehead atoms. The van der Waals surface area contributed by atoms with Crippen LogP contribution < -0.4 is 0 Å². The van der Waals surface area contributed by atoms with E-state index in [1.54, 1.807) is 0 Å². The summed E-state index contributed by atoms with van der Waals surface area (Å²) >= 11 is 5.33. The van der Waals surface area contributed by atoms with Crippen LogP contribution in [0.4, 0.5) is 0 Å². The maximum Gasteiger partial charge on any atom is 0.0701 e. The smallest absolute Gasteiger partial charge is 0.0701 e. The first-order chi connectivity index (χ1) is 7.34. The first kappa shape index (κ1) is 10.9. The van der Waals surface area contributed by atoms with Crippen LogP contribution in [0.15, 0.2) is 46.3 Å². The maximum atomic E-state index is 3.49. The number of hydrogen-bond donors (Lipinski definition) is 0. The van der Waals surface area contributed by atoms with Gasteiger partial charge in [-0.25, -0.2) is 0 Å². The van der Waals surface area contributed by atoms with E-state index in [2.05, 4.69) is 58.4 Å². The van der Waals surface area contributed by atoms with E-state index in [-0.39, 0.29) is 0 Å². The molecule has 2 rings (SSSR count).